The van der Waals surface area contributed by atoms with Crippen LogP contribution in [0, 0.1) is 0 Å². The molecule has 0 aliphatic rings. The zero-order chi connectivity index (χ0) is 11.4. The Morgan fingerprint density at radius 3 is 1.94 bits per heavy atom. The van der Waals surface area contributed by atoms with Crippen LogP contribution in [0.5, 0.6) is 5.75 Å². The zero-order valence-corrected chi connectivity index (χ0v) is 10.5. The third-order valence-electron chi connectivity index (χ3n) is 2.32. The third kappa shape index (κ3) is 3.32. The highest BCUT2D eigenvalue weighted by Gasteiger charge is 2.09. The summed E-state index contributed by atoms with van der Waals surface area (Å²) in [5, 5.41) is 1.89. The molecule has 0 saturated heterocycles. The van der Waals surface area contributed by atoms with Gasteiger partial charge < -0.3 is 9.63 Å². The van der Waals surface area contributed by atoms with Crippen molar-refractivity contribution < 1.29 is 9.63 Å². The molecule has 17 heavy (non-hydrogen) atoms. The van der Waals surface area contributed by atoms with E-state index in [0.29, 0.717) is 0 Å². The molecule has 0 spiro atoms. The van der Waals surface area contributed by atoms with Gasteiger partial charge in [0, 0.05) is 19.0 Å². The first kappa shape index (κ1) is 13.8. The molecule has 0 aromatic heterocycles. The van der Waals surface area contributed by atoms with Crippen molar-refractivity contribution in [2.45, 2.75) is 0 Å². The van der Waals surface area contributed by atoms with Crippen LogP contribution in [0.1, 0.15) is 0 Å². The molecule has 0 amide bonds. The Morgan fingerprint density at radius 2 is 1.41 bits per heavy atom. The van der Waals surface area contributed by atoms with E-state index in [2.05, 4.69) is 0 Å². The predicted molar refractivity (Wildman–Crippen MR) is 73.6 cm³/mol. The minimum absolute atomic E-state index is 0. The molecular formula is C13H13BO2P. The van der Waals surface area contributed by atoms with E-state index in [9.17, 15) is 4.89 Å². The van der Waals surface area contributed by atoms with E-state index in [4.69, 9.17) is 4.74 Å². The highest BCUT2D eigenvalue weighted by Crippen LogP contribution is 2.28. The van der Waals surface area contributed by atoms with Gasteiger partial charge in [0.25, 0.3) is 0 Å². The zero-order valence-electron chi connectivity index (χ0n) is 9.58. The fourth-order valence-corrected chi connectivity index (χ4v) is 2.63. The molecule has 0 heterocycles. The summed E-state index contributed by atoms with van der Waals surface area (Å²) in [7, 11) is 0.389. The molecule has 1 unspecified atom stereocenters. The average Bonchev–Trinajstić information content (AvgIpc) is 2.39. The molecule has 2 rings (SSSR count). The summed E-state index contributed by atoms with van der Waals surface area (Å²) >= 11 is 0. The van der Waals surface area contributed by atoms with Gasteiger partial charge in [-0.3, -0.25) is 0 Å². The van der Waals surface area contributed by atoms with Gasteiger partial charge in [0.2, 0.25) is 0 Å². The Kier molecular flexibility index (Phi) is 5.21. The monoisotopic (exact) mass is 243 g/mol. The van der Waals surface area contributed by atoms with Gasteiger partial charge in [0.1, 0.15) is 5.75 Å². The first-order valence-electron chi connectivity index (χ1n) is 4.99. The van der Waals surface area contributed by atoms with Crippen LogP contribution in [-0.2, 0) is 0 Å². The van der Waals surface area contributed by atoms with E-state index >= 15 is 0 Å². The van der Waals surface area contributed by atoms with Crippen molar-refractivity contribution in [3.05, 3.63) is 54.6 Å². The Morgan fingerprint density at radius 1 is 0.882 bits per heavy atom. The van der Waals surface area contributed by atoms with Gasteiger partial charge in [0.15, 0.2) is 0 Å². The molecule has 0 aliphatic heterocycles. The first-order chi connectivity index (χ1) is 7.81. The Bertz CT molecular complexity index is 445. The second-order valence-corrected chi connectivity index (χ2v) is 5.00. The maximum Gasteiger partial charge on any atom is 0.118 e. The van der Waals surface area contributed by atoms with Crippen molar-refractivity contribution in [3.63, 3.8) is 0 Å². The molecule has 4 heteroatoms. The molecule has 2 aromatic rings. The average molecular weight is 243 g/mol. The van der Waals surface area contributed by atoms with E-state index in [1.165, 1.54) is 0 Å². The normalized spacial score (nSPS) is 11.4. The minimum Gasteiger partial charge on any atom is -0.497 e. The van der Waals surface area contributed by atoms with E-state index in [1.54, 1.807) is 7.11 Å². The van der Waals surface area contributed by atoms with Crippen LogP contribution in [0.3, 0.4) is 0 Å². The molecule has 1 atom stereocenters. The van der Waals surface area contributed by atoms with Gasteiger partial charge >= 0.3 is 0 Å². The van der Waals surface area contributed by atoms with Crippen LogP contribution in [0.2, 0.25) is 0 Å². The number of ether oxygens (including phenoxy) is 1. The molecule has 2 aromatic carbocycles. The van der Waals surface area contributed by atoms with E-state index < -0.39 is 8.15 Å². The van der Waals surface area contributed by atoms with Crippen molar-refractivity contribution in [1.82, 2.24) is 0 Å². The molecule has 1 N–H and O–H groups in total. The van der Waals surface area contributed by atoms with Gasteiger partial charge in [-0.15, -0.1) is 0 Å². The number of methoxy groups -OCH3 is 1. The highest BCUT2D eigenvalue weighted by molar-refractivity contribution is 7.67. The van der Waals surface area contributed by atoms with E-state index in [1.807, 2.05) is 54.6 Å². The van der Waals surface area contributed by atoms with Crippen LogP contribution >= 0.6 is 8.15 Å². The summed E-state index contributed by atoms with van der Waals surface area (Å²) in [5.74, 6) is 0.806. The second kappa shape index (κ2) is 6.44. The summed E-state index contributed by atoms with van der Waals surface area (Å²) in [6.07, 6.45) is 0. The lowest BCUT2D eigenvalue weighted by Crippen LogP contribution is -2.10. The minimum atomic E-state index is -1.24. The Balaban J connectivity index is 0.00000144. The molecule has 0 fully saturated rings. The fraction of sp³-hybridized carbons (Fsp3) is 0.0769. The van der Waals surface area contributed by atoms with Crippen molar-refractivity contribution in [1.29, 1.82) is 0 Å². The lowest BCUT2D eigenvalue weighted by atomic mass is 10.3. The molecule has 0 bridgehead atoms. The largest absolute Gasteiger partial charge is 0.497 e. The summed E-state index contributed by atoms with van der Waals surface area (Å²) in [4.78, 5) is 10.2. The van der Waals surface area contributed by atoms with Gasteiger partial charge in [-0.2, -0.15) is 0 Å². The Labute approximate surface area is 105 Å². The smallest absolute Gasteiger partial charge is 0.118 e. The topological polar surface area (TPSA) is 29.5 Å². The predicted octanol–water partition coefficient (Wildman–Crippen LogP) is 1.65. The standard InChI is InChI=1S/C13H13O2P.B/c1-15-11-7-9-13(10-8-11)16(14)12-5-3-2-4-6-12;/h2-10,14H,1H3;. The third-order valence-corrected chi connectivity index (χ3v) is 3.89. The fourth-order valence-electron chi connectivity index (χ4n) is 1.44. The molecular weight excluding hydrogens is 230 g/mol. The molecule has 0 saturated carbocycles. The number of benzene rings is 2. The van der Waals surface area contributed by atoms with Gasteiger partial charge in [-0.25, -0.2) is 0 Å². The highest BCUT2D eigenvalue weighted by atomic mass is 31.1. The molecule has 2 nitrogen and oxygen atoms in total. The summed E-state index contributed by atoms with van der Waals surface area (Å²) in [6, 6.07) is 17.2. The maximum absolute atomic E-state index is 10.2. The van der Waals surface area contributed by atoms with Crippen LogP contribution in [0.25, 0.3) is 0 Å². The van der Waals surface area contributed by atoms with Crippen molar-refractivity contribution in [2.75, 3.05) is 7.11 Å². The number of hydrogen-bond donors (Lipinski definition) is 1. The molecule has 85 valence electrons. The SMILES string of the molecule is COc1ccc(P(O)c2ccccc2)cc1.[B]. The summed E-state index contributed by atoms with van der Waals surface area (Å²) in [6.45, 7) is 0. The van der Waals surface area contributed by atoms with Crippen LogP contribution in [0.15, 0.2) is 54.6 Å². The van der Waals surface area contributed by atoms with Crippen LogP contribution < -0.4 is 15.3 Å². The van der Waals surface area contributed by atoms with Crippen molar-refractivity contribution in [3.8, 4) is 5.75 Å². The van der Waals surface area contributed by atoms with Crippen LogP contribution in [0.4, 0.5) is 0 Å². The quantitative estimate of drug-likeness (QED) is 0.656. The van der Waals surface area contributed by atoms with E-state index in [0.717, 1.165) is 16.4 Å². The maximum atomic E-state index is 10.2. The number of rotatable bonds is 3. The molecule has 0 aliphatic carbocycles. The van der Waals surface area contributed by atoms with Crippen molar-refractivity contribution in [2.24, 2.45) is 0 Å². The lowest BCUT2D eigenvalue weighted by molar-refractivity contribution is 0.415. The summed E-state index contributed by atoms with van der Waals surface area (Å²) in [5.41, 5.74) is 0. The van der Waals surface area contributed by atoms with Crippen LogP contribution in [-0.4, -0.2) is 20.4 Å². The number of hydrogen-bond acceptors (Lipinski definition) is 2. The second-order valence-electron chi connectivity index (χ2n) is 3.35. The Hall–Kier alpha value is -1.31. The summed E-state index contributed by atoms with van der Waals surface area (Å²) < 4.78 is 5.08. The first-order valence-corrected chi connectivity index (χ1v) is 6.29. The van der Waals surface area contributed by atoms with E-state index in [-0.39, 0.29) is 8.41 Å². The van der Waals surface area contributed by atoms with Crippen molar-refractivity contribution >= 4 is 27.2 Å². The lowest BCUT2D eigenvalue weighted by Gasteiger charge is -2.11. The molecule has 3 radical (unpaired) electrons. The van der Waals surface area contributed by atoms with Gasteiger partial charge in [0.05, 0.1) is 15.3 Å². The van der Waals surface area contributed by atoms with Gasteiger partial charge in [-0.1, -0.05) is 30.3 Å². The van der Waals surface area contributed by atoms with Gasteiger partial charge in [-0.05, 0) is 24.3 Å².